The minimum Gasteiger partial charge on any atom is -0.378 e. The molecule has 1 amide bonds. The second kappa shape index (κ2) is 10.5. The molecule has 3 aromatic heterocycles. The molecule has 0 saturated heterocycles. The normalized spacial score (nSPS) is 17.1. The molecule has 5 rings (SSSR count). The van der Waals surface area contributed by atoms with Crippen molar-refractivity contribution in [2.45, 2.75) is 38.0 Å². The Balaban J connectivity index is 1.43. The van der Waals surface area contributed by atoms with Crippen LogP contribution in [0.25, 0.3) is 10.6 Å². The maximum absolute atomic E-state index is 13.1. The van der Waals surface area contributed by atoms with E-state index in [1.165, 1.54) is 17.4 Å². The predicted octanol–water partition coefficient (Wildman–Crippen LogP) is 4.93. The summed E-state index contributed by atoms with van der Waals surface area (Å²) in [7, 11) is -3.73. The first-order valence-electron chi connectivity index (χ1n) is 12.3. The number of nitrogens with one attached hydrogen (secondary N) is 2. The maximum atomic E-state index is 13.1. The summed E-state index contributed by atoms with van der Waals surface area (Å²) in [4.78, 5) is 26.0. The number of aryl methyl sites for hydroxylation is 2. The predicted molar refractivity (Wildman–Crippen MR) is 147 cm³/mol. The molecular formula is C27H24F3N5O4S2. The van der Waals surface area contributed by atoms with Crippen LogP contribution in [0.2, 0.25) is 0 Å². The number of benzene rings is 1. The Hall–Kier alpha value is -3.88. The maximum Gasteiger partial charge on any atom is 0.416 e. The quantitative estimate of drug-likeness (QED) is 0.283. The monoisotopic (exact) mass is 603 g/mol. The topological polar surface area (TPSA) is 134 Å². The van der Waals surface area contributed by atoms with E-state index >= 15 is 0 Å². The van der Waals surface area contributed by atoms with Crippen LogP contribution >= 0.6 is 11.3 Å². The molecule has 14 heteroatoms. The Morgan fingerprint density at radius 1 is 1.10 bits per heavy atom. The average molecular weight is 604 g/mol. The molecule has 0 aliphatic heterocycles. The van der Waals surface area contributed by atoms with Crippen LogP contribution in [0.1, 0.15) is 50.5 Å². The number of hydrogen-bond donors (Lipinski definition) is 3. The standard InChI is InChI=1S/C27H24F3N5O4S2/c1-15-10-20(33-23(11-15)34-22-13-18(7-9-31-22)27(28,29)30)21-14-32-25(40-21)26(37)8-3-4-16-12-17(5-6-19(16)26)24(36)35-41(2,38)39/h5-7,9-14,37H,3-4,8H2,1-2H3,(H,35,36)(H,31,33,34)/t26-/m0/s1. The summed E-state index contributed by atoms with van der Waals surface area (Å²) >= 11 is 1.23. The van der Waals surface area contributed by atoms with E-state index in [0.29, 0.717) is 51.8 Å². The van der Waals surface area contributed by atoms with Crippen LogP contribution in [0.4, 0.5) is 24.8 Å². The van der Waals surface area contributed by atoms with Gasteiger partial charge >= 0.3 is 6.18 Å². The second-order valence-electron chi connectivity index (χ2n) is 9.79. The van der Waals surface area contributed by atoms with Crippen LogP contribution in [-0.4, -0.2) is 40.6 Å². The fourth-order valence-corrected chi connectivity index (χ4v) is 6.18. The van der Waals surface area contributed by atoms with E-state index in [2.05, 4.69) is 20.3 Å². The zero-order valence-corrected chi connectivity index (χ0v) is 23.4. The number of aromatic nitrogens is 3. The summed E-state index contributed by atoms with van der Waals surface area (Å²) in [6, 6.07) is 9.92. The Morgan fingerprint density at radius 2 is 1.88 bits per heavy atom. The molecular weight excluding hydrogens is 579 g/mol. The number of anilines is 2. The molecule has 3 N–H and O–H groups in total. The van der Waals surface area contributed by atoms with E-state index < -0.39 is 33.3 Å². The molecule has 0 spiro atoms. The highest BCUT2D eigenvalue weighted by atomic mass is 32.2. The average Bonchev–Trinajstić information content (AvgIpc) is 3.38. The fraction of sp³-hybridized carbons (Fsp3) is 0.259. The minimum absolute atomic E-state index is 0.00780. The van der Waals surface area contributed by atoms with Crippen molar-refractivity contribution < 1.29 is 31.5 Å². The number of sulfonamides is 1. The number of nitrogens with zero attached hydrogens (tertiary/aromatic N) is 3. The first kappa shape index (κ1) is 28.6. The molecule has 0 fully saturated rings. The van der Waals surface area contributed by atoms with Crippen molar-refractivity contribution in [3.8, 4) is 10.6 Å². The number of carbonyl (C=O) groups is 1. The van der Waals surface area contributed by atoms with Gasteiger partial charge < -0.3 is 10.4 Å². The lowest BCUT2D eigenvalue weighted by Gasteiger charge is -2.33. The third-order valence-electron chi connectivity index (χ3n) is 6.50. The van der Waals surface area contributed by atoms with Gasteiger partial charge in [-0.3, -0.25) is 4.79 Å². The van der Waals surface area contributed by atoms with Crippen molar-refractivity contribution in [2.24, 2.45) is 0 Å². The van der Waals surface area contributed by atoms with Gasteiger partial charge in [0.15, 0.2) is 0 Å². The zero-order valence-electron chi connectivity index (χ0n) is 21.8. The molecule has 9 nitrogen and oxygen atoms in total. The molecule has 0 bridgehead atoms. The highest BCUT2D eigenvalue weighted by Gasteiger charge is 2.39. The van der Waals surface area contributed by atoms with E-state index in [9.17, 15) is 31.5 Å². The number of fused-ring (bicyclic) bond motifs is 1. The molecule has 0 radical (unpaired) electrons. The van der Waals surface area contributed by atoms with Gasteiger partial charge in [-0.15, -0.1) is 11.3 Å². The van der Waals surface area contributed by atoms with Crippen LogP contribution in [-0.2, 0) is 28.2 Å². The summed E-state index contributed by atoms with van der Waals surface area (Å²) in [6.07, 6.45) is 0.620. The SMILES string of the molecule is Cc1cc(Nc2cc(C(F)(F)F)ccn2)nc(-c2cnc([C@]3(O)CCCc4cc(C(=O)NS(C)(=O)=O)ccc43)s2)c1. The van der Waals surface area contributed by atoms with Crippen LogP contribution in [0.5, 0.6) is 0 Å². The van der Waals surface area contributed by atoms with Crippen molar-refractivity contribution >= 4 is 38.9 Å². The zero-order chi connectivity index (χ0) is 29.6. The molecule has 1 aromatic carbocycles. The van der Waals surface area contributed by atoms with Crippen LogP contribution < -0.4 is 10.0 Å². The first-order valence-corrected chi connectivity index (χ1v) is 15.1. The number of hydrogen-bond acceptors (Lipinski definition) is 9. The number of aliphatic hydroxyl groups is 1. The number of pyridine rings is 2. The molecule has 0 unspecified atom stereocenters. The smallest absolute Gasteiger partial charge is 0.378 e. The van der Waals surface area contributed by atoms with Gasteiger partial charge in [0.25, 0.3) is 5.91 Å². The Bertz CT molecular complexity index is 1760. The number of alkyl halides is 3. The van der Waals surface area contributed by atoms with E-state index in [1.807, 2.05) is 11.6 Å². The largest absolute Gasteiger partial charge is 0.416 e. The highest BCUT2D eigenvalue weighted by molar-refractivity contribution is 7.89. The summed E-state index contributed by atoms with van der Waals surface area (Å²) < 4.78 is 64.2. The molecule has 0 saturated carbocycles. The third kappa shape index (κ3) is 6.24. The van der Waals surface area contributed by atoms with Crippen molar-refractivity contribution in [1.29, 1.82) is 0 Å². The van der Waals surface area contributed by atoms with Gasteiger partial charge in [-0.25, -0.2) is 28.1 Å². The number of thiazole rings is 1. The summed E-state index contributed by atoms with van der Waals surface area (Å²) in [5, 5.41) is 15.0. The van der Waals surface area contributed by atoms with E-state index in [1.54, 1.807) is 30.5 Å². The van der Waals surface area contributed by atoms with Gasteiger partial charge in [-0.1, -0.05) is 6.07 Å². The van der Waals surface area contributed by atoms with Gasteiger partial charge in [0.2, 0.25) is 10.0 Å². The molecule has 41 heavy (non-hydrogen) atoms. The van der Waals surface area contributed by atoms with E-state index in [0.717, 1.165) is 30.1 Å². The van der Waals surface area contributed by atoms with Gasteiger partial charge in [-0.2, -0.15) is 13.2 Å². The van der Waals surface area contributed by atoms with Gasteiger partial charge in [0, 0.05) is 18.0 Å². The number of amides is 1. The molecule has 4 aromatic rings. The van der Waals surface area contributed by atoms with Crippen molar-refractivity contribution in [3.05, 3.63) is 87.7 Å². The summed E-state index contributed by atoms with van der Waals surface area (Å²) in [5.74, 6) is -0.466. The van der Waals surface area contributed by atoms with Gasteiger partial charge in [0.05, 0.1) is 22.4 Å². The van der Waals surface area contributed by atoms with Crippen LogP contribution in [0, 0.1) is 6.92 Å². The molecule has 1 aliphatic carbocycles. The molecule has 1 atom stereocenters. The molecule has 214 valence electrons. The lowest BCUT2D eigenvalue weighted by atomic mass is 9.79. The molecule has 1 aliphatic rings. The Morgan fingerprint density at radius 3 is 2.61 bits per heavy atom. The number of halogens is 3. The van der Waals surface area contributed by atoms with Crippen molar-refractivity contribution in [3.63, 3.8) is 0 Å². The van der Waals surface area contributed by atoms with Gasteiger partial charge in [0.1, 0.15) is 22.2 Å². The van der Waals surface area contributed by atoms with Crippen molar-refractivity contribution in [1.82, 2.24) is 19.7 Å². The van der Waals surface area contributed by atoms with E-state index in [4.69, 9.17) is 0 Å². The fourth-order valence-electron chi connectivity index (χ4n) is 4.71. The van der Waals surface area contributed by atoms with Crippen LogP contribution in [0.15, 0.2) is 54.9 Å². The summed E-state index contributed by atoms with van der Waals surface area (Å²) in [5.41, 5.74) is 0.490. The third-order valence-corrected chi connectivity index (χ3v) is 8.23. The lowest BCUT2D eigenvalue weighted by Crippen LogP contribution is -2.33. The minimum atomic E-state index is -4.51. The number of carbonyl (C=O) groups excluding carboxylic acids is 1. The van der Waals surface area contributed by atoms with Crippen molar-refractivity contribution in [2.75, 3.05) is 11.6 Å². The second-order valence-corrected chi connectivity index (χ2v) is 12.6. The van der Waals surface area contributed by atoms with E-state index in [-0.39, 0.29) is 11.4 Å². The Labute approximate surface area is 237 Å². The highest BCUT2D eigenvalue weighted by Crippen LogP contribution is 2.44. The Kier molecular flexibility index (Phi) is 7.34. The summed E-state index contributed by atoms with van der Waals surface area (Å²) in [6.45, 7) is 1.82. The first-order chi connectivity index (χ1) is 19.2. The van der Waals surface area contributed by atoms with Crippen LogP contribution in [0.3, 0.4) is 0 Å². The lowest BCUT2D eigenvalue weighted by molar-refractivity contribution is -0.137. The number of rotatable bonds is 6. The van der Waals surface area contributed by atoms with Gasteiger partial charge in [-0.05, 0) is 79.3 Å². The molecule has 3 heterocycles.